The fraction of sp³-hybridized carbons (Fsp3) is 0.150. The summed E-state index contributed by atoms with van der Waals surface area (Å²) >= 11 is 6.36. The predicted octanol–water partition coefficient (Wildman–Crippen LogP) is 2.96. The Balaban J connectivity index is 1.87. The van der Waals surface area contributed by atoms with Gasteiger partial charge in [0.2, 0.25) is 0 Å². The zero-order valence-corrected chi connectivity index (χ0v) is 16.1. The summed E-state index contributed by atoms with van der Waals surface area (Å²) in [6.45, 7) is 0.620. The summed E-state index contributed by atoms with van der Waals surface area (Å²) in [5, 5.41) is 16.0. The molecule has 7 nitrogen and oxygen atoms in total. The number of halogens is 1. The molecule has 0 bridgehead atoms. The van der Waals surface area contributed by atoms with Crippen molar-refractivity contribution in [3.8, 4) is 6.07 Å². The van der Waals surface area contributed by atoms with E-state index in [1.165, 1.54) is 18.7 Å². The van der Waals surface area contributed by atoms with Crippen LogP contribution in [-0.4, -0.2) is 9.13 Å². The van der Waals surface area contributed by atoms with Crippen LogP contribution in [0.2, 0.25) is 5.02 Å². The first-order chi connectivity index (χ1) is 13.4. The topological polar surface area (TPSA) is 91.8 Å². The fourth-order valence-electron chi connectivity index (χ4n) is 2.76. The number of anilines is 3. The van der Waals surface area contributed by atoms with E-state index in [2.05, 4.69) is 10.6 Å². The highest BCUT2D eigenvalue weighted by Gasteiger charge is 2.16. The molecule has 0 saturated heterocycles. The number of rotatable bonds is 5. The quantitative estimate of drug-likeness (QED) is 0.693. The maximum absolute atomic E-state index is 12.2. The molecule has 0 aliphatic heterocycles. The summed E-state index contributed by atoms with van der Waals surface area (Å²) in [6.07, 6.45) is 0. The molecule has 3 rings (SSSR count). The van der Waals surface area contributed by atoms with Gasteiger partial charge in [-0.1, -0.05) is 41.9 Å². The third kappa shape index (κ3) is 3.77. The largest absolute Gasteiger partial charge is 0.380 e. The molecule has 0 amide bonds. The number of hydrogen-bond donors (Lipinski definition) is 2. The van der Waals surface area contributed by atoms with Crippen molar-refractivity contribution in [2.45, 2.75) is 6.54 Å². The van der Waals surface area contributed by atoms with E-state index >= 15 is 0 Å². The van der Waals surface area contributed by atoms with E-state index in [9.17, 15) is 14.9 Å². The minimum atomic E-state index is -0.652. The van der Waals surface area contributed by atoms with Crippen molar-refractivity contribution < 1.29 is 0 Å². The highest BCUT2D eigenvalue weighted by Crippen LogP contribution is 2.28. The second kappa shape index (κ2) is 8.03. The van der Waals surface area contributed by atoms with Crippen LogP contribution in [0, 0.1) is 11.3 Å². The lowest BCUT2D eigenvalue weighted by Crippen LogP contribution is -2.39. The van der Waals surface area contributed by atoms with E-state index in [1.54, 1.807) is 18.2 Å². The molecule has 1 aromatic heterocycles. The van der Waals surface area contributed by atoms with Gasteiger partial charge in [-0.3, -0.25) is 13.9 Å². The first-order valence-corrected chi connectivity index (χ1v) is 8.84. The van der Waals surface area contributed by atoms with Gasteiger partial charge in [0.05, 0.1) is 10.7 Å². The Morgan fingerprint density at radius 3 is 2.43 bits per heavy atom. The molecule has 8 heteroatoms. The number of nitriles is 1. The van der Waals surface area contributed by atoms with Crippen molar-refractivity contribution in [3.05, 3.63) is 85.5 Å². The van der Waals surface area contributed by atoms with Crippen molar-refractivity contribution in [2.75, 3.05) is 10.6 Å². The van der Waals surface area contributed by atoms with Gasteiger partial charge in [0, 0.05) is 26.3 Å². The molecular weight excluding hydrogens is 378 g/mol. The fourth-order valence-corrected chi connectivity index (χ4v) is 3.00. The third-order valence-electron chi connectivity index (χ3n) is 4.33. The van der Waals surface area contributed by atoms with E-state index < -0.39 is 11.2 Å². The van der Waals surface area contributed by atoms with Crippen molar-refractivity contribution >= 4 is 28.8 Å². The second-order valence-electron chi connectivity index (χ2n) is 6.20. The molecule has 0 aliphatic rings. The van der Waals surface area contributed by atoms with Crippen molar-refractivity contribution in [1.29, 1.82) is 5.26 Å². The maximum atomic E-state index is 12.2. The molecule has 0 fully saturated rings. The highest BCUT2D eigenvalue weighted by molar-refractivity contribution is 6.33. The van der Waals surface area contributed by atoms with E-state index in [-0.39, 0.29) is 11.4 Å². The van der Waals surface area contributed by atoms with Crippen LogP contribution in [0.5, 0.6) is 0 Å². The number of hydrogen-bond acceptors (Lipinski definition) is 5. The molecule has 0 atom stereocenters. The standard InChI is InChI=1S/C20H18ClN5O2/c1-25-18(15(11-22)19(27)26(2)20(25)28)24-14-8-9-17(16(21)10-14)23-12-13-6-4-3-5-7-13/h3-10,23-24H,12H2,1-2H3. The molecule has 0 saturated carbocycles. The second-order valence-corrected chi connectivity index (χ2v) is 6.61. The molecule has 1 heterocycles. The Hall–Kier alpha value is -3.50. The Kier molecular flexibility index (Phi) is 5.52. The van der Waals surface area contributed by atoms with Crippen LogP contribution in [0.15, 0.2) is 58.1 Å². The highest BCUT2D eigenvalue weighted by atomic mass is 35.5. The Morgan fingerprint density at radius 2 is 1.79 bits per heavy atom. The molecule has 142 valence electrons. The maximum Gasteiger partial charge on any atom is 0.332 e. The lowest BCUT2D eigenvalue weighted by atomic mass is 10.2. The lowest BCUT2D eigenvalue weighted by Gasteiger charge is -2.15. The predicted molar refractivity (Wildman–Crippen MR) is 110 cm³/mol. The van der Waals surface area contributed by atoms with E-state index in [4.69, 9.17) is 11.6 Å². The summed E-state index contributed by atoms with van der Waals surface area (Å²) in [7, 11) is 2.82. The summed E-state index contributed by atoms with van der Waals surface area (Å²) in [6, 6.07) is 17.0. The summed E-state index contributed by atoms with van der Waals surface area (Å²) in [5.74, 6) is 0.122. The van der Waals surface area contributed by atoms with Gasteiger partial charge in [-0.05, 0) is 23.8 Å². The zero-order chi connectivity index (χ0) is 20.3. The smallest absolute Gasteiger partial charge is 0.332 e. The molecule has 2 N–H and O–H groups in total. The minimum absolute atomic E-state index is 0.122. The third-order valence-corrected chi connectivity index (χ3v) is 4.65. The average Bonchev–Trinajstić information content (AvgIpc) is 2.71. The van der Waals surface area contributed by atoms with Crippen molar-refractivity contribution in [3.63, 3.8) is 0 Å². The van der Waals surface area contributed by atoms with Crippen molar-refractivity contribution in [2.24, 2.45) is 14.1 Å². The van der Waals surface area contributed by atoms with Gasteiger partial charge in [-0.25, -0.2) is 4.79 Å². The minimum Gasteiger partial charge on any atom is -0.380 e. The first-order valence-electron chi connectivity index (χ1n) is 8.47. The van der Waals surface area contributed by atoms with Crippen LogP contribution in [0.3, 0.4) is 0 Å². The van der Waals surface area contributed by atoms with Gasteiger partial charge < -0.3 is 10.6 Å². The van der Waals surface area contributed by atoms with Crippen LogP contribution in [-0.2, 0) is 20.6 Å². The monoisotopic (exact) mass is 395 g/mol. The Labute approximate surface area is 166 Å². The zero-order valence-electron chi connectivity index (χ0n) is 15.4. The van der Waals surface area contributed by atoms with Crippen molar-refractivity contribution in [1.82, 2.24) is 9.13 Å². The number of nitrogens with zero attached hydrogens (tertiary/aromatic N) is 3. The number of nitrogens with one attached hydrogen (secondary N) is 2. The average molecular weight is 396 g/mol. The summed E-state index contributed by atoms with van der Waals surface area (Å²) in [4.78, 5) is 24.3. The normalized spacial score (nSPS) is 10.4. The molecule has 0 radical (unpaired) electrons. The van der Waals surface area contributed by atoms with E-state index in [0.29, 0.717) is 17.3 Å². The molecule has 0 unspecified atom stereocenters. The molecule has 0 aliphatic carbocycles. The Bertz CT molecular complexity index is 1180. The summed E-state index contributed by atoms with van der Waals surface area (Å²) in [5.41, 5.74) is 1.09. The van der Waals surface area contributed by atoms with Gasteiger partial charge in [-0.2, -0.15) is 5.26 Å². The van der Waals surface area contributed by atoms with E-state index in [1.807, 2.05) is 36.4 Å². The van der Waals surface area contributed by atoms with Gasteiger partial charge in [0.1, 0.15) is 11.9 Å². The van der Waals surface area contributed by atoms with Crippen LogP contribution in [0.1, 0.15) is 11.1 Å². The summed E-state index contributed by atoms with van der Waals surface area (Å²) < 4.78 is 2.11. The lowest BCUT2D eigenvalue weighted by molar-refractivity contribution is 0.689. The van der Waals surface area contributed by atoms with Crippen LogP contribution in [0.25, 0.3) is 0 Å². The first kappa shape index (κ1) is 19.3. The van der Waals surface area contributed by atoms with Gasteiger partial charge in [-0.15, -0.1) is 0 Å². The Morgan fingerprint density at radius 1 is 1.07 bits per heavy atom. The number of benzene rings is 2. The van der Waals surface area contributed by atoms with Crippen LogP contribution >= 0.6 is 11.6 Å². The SMILES string of the molecule is Cn1c(Nc2ccc(NCc3ccccc3)c(Cl)c2)c(C#N)c(=O)n(C)c1=O. The van der Waals surface area contributed by atoms with E-state index in [0.717, 1.165) is 15.8 Å². The molecule has 3 aromatic rings. The van der Waals surface area contributed by atoms with Gasteiger partial charge in [0.25, 0.3) is 5.56 Å². The van der Waals surface area contributed by atoms with Crippen LogP contribution in [0.4, 0.5) is 17.2 Å². The number of aromatic nitrogens is 2. The molecule has 0 spiro atoms. The van der Waals surface area contributed by atoms with Crippen LogP contribution < -0.4 is 21.9 Å². The molecule has 28 heavy (non-hydrogen) atoms. The van der Waals surface area contributed by atoms with Gasteiger partial charge in [0.15, 0.2) is 5.56 Å². The molecular formula is C20H18ClN5O2. The van der Waals surface area contributed by atoms with Gasteiger partial charge >= 0.3 is 5.69 Å². The molecule has 2 aromatic carbocycles.